The summed E-state index contributed by atoms with van der Waals surface area (Å²) in [6.45, 7) is 0.109. The average molecular weight is 300 g/mol. The highest BCUT2D eigenvalue weighted by molar-refractivity contribution is 7.84. The predicted octanol–water partition coefficient (Wildman–Crippen LogP) is 0.792. The molecule has 1 aromatic rings. The molecule has 0 aliphatic heterocycles. The number of nitrogens with one attached hydrogen (secondary N) is 1. The minimum atomic E-state index is -0.933. The second-order valence-corrected chi connectivity index (χ2v) is 5.65. The molecule has 0 saturated carbocycles. The van der Waals surface area contributed by atoms with Gasteiger partial charge in [-0.2, -0.15) is 0 Å². The quantitative estimate of drug-likeness (QED) is 0.808. The summed E-state index contributed by atoms with van der Waals surface area (Å²) in [5.41, 5.74) is 0.975. The van der Waals surface area contributed by atoms with E-state index in [1.165, 1.54) is 6.07 Å². The van der Waals surface area contributed by atoms with Crippen LogP contribution in [-0.2, 0) is 10.8 Å². The molecule has 0 radical (unpaired) electrons. The van der Waals surface area contributed by atoms with Gasteiger partial charge >= 0.3 is 0 Å². The Morgan fingerprint density at radius 1 is 1.53 bits per heavy atom. The fraction of sp³-hybridized carbons (Fsp3) is 0.308. The molecule has 4 nitrogen and oxygen atoms in total. The van der Waals surface area contributed by atoms with Crippen LogP contribution in [0.5, 0.6) is 0 Å². The van der Waals surface area contributed by atoms with E-state index in [9.17, 15) is 9.00 Å². The highest BCUT2D eigenvalue weighted by Crippen LogP contribution is 2.16. The van der Waals surface area contributed by atoms with Gasteiger partial charge in [0.15, 0.2) is 0 Å². The molecule has 0 aliphatic carbocycles. The number of amides is 1. The van der Waals surface area contributed by atoms with E-state index in [1.54, 1.807) is 18.4 Å². The molecule has 0 saturated heterocycles. The standard InChI is InChI=1S/C13H14ClNO3S/c1-19(18)8-6-15-13(17)11-5-4-10(3-2-7-16)12(14)9-11/h4-5,9,16H,6-8H2,1H3,(H,15,17). The van der Waals surface area contributed by atoms with Crippen molar-refractivity contribution < 1.29 is 14.1 Å². The van der Waals surface area contributed by atoms with E-state index in [2.05, 4.69) is 17.2 Å². The molecule has 1 rings (SSSR count). The first kappa shape index (κ1) is 15.7. The van der Waals surface area contributed by atoms with Crippen molar-refractivity contribution in [1.29, 1.82) is 0 Å². The highest BCUT2D eigenvalue weighted by Gasteiger charge is 2.07. The Morgan fingerprint density at radius 2 is 2.26 bits per heavy atom. The molecule has 0 heterocycles. The fourth-order valence-electron chi connectivity index (χ4n) is 1.30. The van der Waals surface area contributed by atoms with Crippen molar-refractivity contribution in [2.75, 3.05) is 25.2 Å². The van der Waals surface area contributed by atoms with Crippen molar-refractivity contribution in [2.45, 2.75) is 0 Å². The molecule has 102 valence electrons. The topological polar surface area (TPSA) is 66.4 Å². The van der Waals surface area contributed by atoms with E-state index >= 15 is 0 Å². The number of benzene rings is 1. The first-order valence-corrected chi connectivity index (χ1v) is 7.62. The molecule has 2 N–H and O–H groups in total. The van der Waals surface area contributed by atoms with Crippen molar-refractivity contribution in [3.63, 3.8) is 0 Å². The van der Waals surface area contributed by atoms with Crippen LogP contribution in [0.4, 0.5) is 0 Å². The summed E-state index contributed by atoms with van der Waals surface area (Å²) in [5.74, 6) is 5.32. The lowest BCUT2D eigenvalue weighted by Crippen LogP contribution is -2.27. The molecule has 1 unspecified atom stereocenters. The Morgan fingerprint density at radius 3 is 2.84 bits per heavy atom. The molecular weight excluding hydrogens is 286 g/mol. The third kappa shape index (κ3) is 5.43. The zero-order valence-electron chi connectivity index (χ0n) is 10.4. The number of aliphatic hydroxyl groups is 1. The Hall–Kier alpha value is -1.35. The summed E-state index contributed by atoms with van der Waals surface area (Å²) in [7, 11) is -0.933. The lowest BCUT2D eigenvalue weighted by Gasteiger charge is -2.05. The van der Waals surface area contributed by atoms with Crippen LogP contribution < -0.4 is 5.32 Å². The van der Waals surface area contributed by atoms with E-state index < -0.39 is 10.8 Å². The van der Waals surface area contributed by atoms with Crippen LogP contribution in [0.3, 0.4) is 0 Å². The van der Waals surface area contributed by atoms with Crippen LogP contribution >= 0.6 is 11.6 Å². The largest absolute Gasteiger partial charge is 0.384 e. The molecule has 19 heavy (non-hydrogen) atoms. The van der Waals surface area contributed by atoms with Crippen LogP contribution in [0.25, 0.3) is 0 Å². The third-order valence-corrected chi connectivity index (χ3v) is 3.30. The summed E-state index contributed by atoms with van der Waals surface area (Å²) in [5, 5.41) is 11.6. The van der Waals surface area contributed by atoms with Crippen LogP contribution in [0.15, 0.2) is 18.2 Å². The second-order valence-electron chi connectivity index (χ2n) is 3.69. The molecule has 0 fully saturated rings. The van der Waals surface area contributed by atoms with Crippen molar-refractivity contribution >= 4 is 28.3 Å². The van der Waals surface area contributed by atoms with Gasteiger partial charge in [-0.25, -0.2) is 0 Å². The maximum absolute atomic E-state index is 11.8. The van der Waals surface area contributed by atoms with Gasteiger partial charge in [0.2, 0.25) is 0 Å². The van der Waals surface area contributed by atoms with E-state index in [0.717, 1.165) is 0 Å². The molecule has 0 aromatic heterocycles. The summed E-state index contributed by atoms with van der Waals surface area (Å²) < 4.78 is 10.9. The Balaban J connectivity index is 2.72. The summed E-state index contributed by atoms with van der Waals surface area (Å²) in [6.07, 6.45) is 1.58. The minimum absolute atomic E-state index is 0.243. The summed E-state index contributed by atoms with van der Waals surface area (Å²) in [4.78, 5) is 11.8. The molecule has 1 atom stereocenters. The van der Waals surface area contributed by atoms with Gasteiger partial charge in [-0.1, -0.05) is 23.4 Å². The van der Waals surface area contributed by atoms with Crippen molar-refractivity contribution in [2.24, 2.45) is 0 Å². The van der Waals surface area contributed by atoms with E-state index in [0.29, 0.717) is 28.4 Å². The molecule has 0 aliphatic rings. The van der Waals surface area contributed by atoms with E-state index in [-0.39, 0.29) is 12.5 Å². The maximum Gasteiger partial charge on any atom is 0.251 e. The average Bonchev–Trinajstić information content (AvgIpc) is 2.36. The number of rotatable bonds is 4. The third-order valence-electron chi connectivity index (χ3n) is 2.21. The van der Waals surface area contributed by atoms with Gasteiger partial charge in [0.05, 0.1) is 5.02 Å². The SMILES string of the molecule is CS(=O)CCNC(=O)c1ccc(C#CCO)c(Cl)c1. The Kier molecular flexibility index (Phi) is 6.57. The Labute approximate surface area is 119 Å². The number of hydrogen-bond acceptors (Lipinski definition) is 3. The van der Waals surface area contributed by atoms with Crippen LogP contribution in [-0.4, -0.2) is 40.4 Å². The summed E-state index contributed by atoms with van der Waals surface area (Å²) in [6, 6.07) is 4.74. The number of carbonyl (C=O) groups is 1. The highest BCUT2D eigenvalue weighted by atomic mass is 35.5. The maximum atomic E-state index is 11.8. The number of aliphatic hydroxyl groups excluding tert-OH is 1. The summed E-state index contributed by atoms with van der Waals surface area (Å²) >= 11 is 5.98. The monoisotopic (exact) mass is 299 g/mol. The van der Waals surface area contributed by atoms with E-state index in [4.69, 9.17) is 16.7 Å². The fourth-order valence-corrected chi connectivity index (χ4v) is 1.92. The van der Waals surface area contributed by atoms with Gasteiger partial charge in [0.25, 0.3) is 5.91 Å². The first-order valence-electron chi connectivity index (χ1n) is 5.52. The van der Waals surface area contributed by atoms with Crippen molar-refractivity contribution in [3.05, 3.63) is 34.3 Å². The minimum Gasteiger partial charge on any atom is -0.384 e. The van der Waals surface area contributed by atoms with Gasteiger partial charge in [-0.15, -0.1) is 0 Å². The Bertz CT molecular complexity index is 549. The lowest BCUT2D eigenvalue weighted by molar-refractivity contribution is 0.0956. The first-order chi connectivity index (χ1) is 9.04. The van der Waals surface area contributed by atoms with Crippen LogP contribution in [0.1, 0.15) is 15.9 Å². The van der Waals surface area contributed by atoms with Crippen LogP contribution in [0.2, 0.25) is 5.02 Å². The smallest absolute Gasteiger partial charge is 0.251 e. The van der Waals surface area contributed by atoms with Gasteiger partial charge in [0, 0.05) is 40.5 Å². The van der Waals surface area contributed by atoms with Crippen molar-refractivity contribution in [1.82, 2.24) is 5.32 Å². The second kappa shape index (κ2) is 7.95. The zero-order chi connectivity index (χ0) is 14.3. The van der Waals surface area contributed by atoms with Gasteiger partial charge in [-0.3, -0.25) is 9.00 Å². The predicted molar refractivity (Wildman–Crippen MR) is 76.7 cm³/mol. The number of halogens is 1. The molecule has 1 amide bonds. The number of hydrogen-bond donors (Lipinski definition) is 2. The van der Waals surface area contributed by atoms with Gasteiger partial charge < -0.3 is 10.4 Å². The zero-order valence-corrected chi connectivity index (χ0v) is 12.0. The molecule has 0 bridgehead atoms. The van der Waals surface area contributed by atoms with Gasteiger partial charge in [-0.05, 0) is 18.2 Å². The normalized spacial score (nSPS) is 11.3. The molecule has 6 heteroatoms. The van der Waals surface area contributed by atoms with Gasteiger partial charge in [0.1, 0.15) is 6.61 Å². The van der Waals surface area contributed by atoms with Crippen LogP contribution in [0, 0.1) is 11.8 Å². The molecule has 1 aromatic carbocycles. The van der Waals surface area contributed by atoms with Crippen molar-refractivity contribution in [3.8, 4) is 11.8 Å². The number of carbonyl (C=O) groups excluding carboxylic acids is 1. The molecule has 0 spiro atoms. The van der Waals surface area contributed by atoms with E-state index in [1.807, 2.05) is 0 Å². The molecular formula is C13H14ClNO3S. The lowest BCUT2D eigenvalue weighted by atomic mass is 10.1.